The van der Waals surface area contributed by atoms with E-state index in [9.17, 15) is 4.79 Å². The summed E-state index contributed by atoms with van der Waals surface area (Å²) in [5.74, 6) is 0. The van der Waals surface area contributed by atoms with Gasteiger partial charge >= 0.3 is 0 Å². The van der Waals surface area contributed by atoms with Crippen LogP contribution in [0.3, 0.4) is 0 Å². The van der Waals surface area contributed by atoms with E-state index < -0.39 is 0 Å². The van der Waals surface area contributed by atoms with Gasteiger partial charge in [0.05, 0.1) is 0 Å². The number of halogens is 1. The number of hydrogen-bond donors (Lipinski definition) is 1. The molecule has 1 rings (SSSR count). The molecule has 0 fully saturated rings. The fraction of sp³-hybridized carbons (Fsp3) is 0.654. The fourth-order valence-corrected chi connectivity index (χ4v) is 3.74. The van der Waals surface area contributed by atoms with Gasteiger partial charge in [-0.15, -0.1) is 0 Å². The van der Waals surface area contributed by atoms with E-state index >= 15 is 0 Å². The first-order chi connectivity index (χ1) is 14.2. The molecule has 0 aromatic heterocycles. The number of nitrogens with one attached hydrogen (secondary N) is 1. The van der Waals surface area contributed by atoms with Crippen LogP contribution in [0.4, 0.5) is 5.69 Å². The Balaban J connectivity index is 1.90. The number of anilines is 1. The molecule has 0 aliphatic carbocycles. The molecule has 0 aliphatic heterocycles. The molecular formula is C26H42ClNO. The van der Waals surface area contributed by atoms with Crippen molar-refractivity contribution in [2.24, 2.45) is 0 Å². The molecule has 164 valence electrons. The lowest BCUT2D eigenvalue weighted by molar-refractivity contribution is -0.111. The molecule has 0 aliphatic rings. The SMILES string of the molecule is CCCCCCCC/C=C/CCCCCCCCNc1ccccc1CC(=O)Cl. The third-order valence-corrected chi connectivity index (χ3v) is 5.48. The monoisotopic (exact) mass is 419 g/mol. The van der Waals surface area contributed by atoms with Gasteiger partial charge in [0.1, 0.15) is 0 Å². The fourth-order valence-electron chi connectivity index (χ4n) is 3.59. The van der Waals surface area contributed by atoms with Crippen LogP contribution in [0.5, 0.6) is 0 Å². The molecule has 1 aromatic rings. The van der Waals surface area contributed by atoms with E-state index in [-0.39, 0.29) is 11.7 Å². The van der Waals surface area contributed by atoms with Crippen molar-refractivity contribution in [3.63, 3.8) is 0 Å². The summed E-state index contributed by atoms with van der Waals surface area (Å²) in [6.45, 7) is 3.23. The number of hydrogen-bond acceptors (Lipinski definition) is 2. The topological polar surface area (TPSA) is 29.1 Å². The minimum Gasteiger partial charge on any atom is -0.385 e. The van der Waals surface area contributed by atoms with E-state index in [1.54, 1.807) is 0 Å². The standard InChI is InChI=1S/C26H42ClNO/c1-2-3-4-5-6-7-8-9-10-11-12-13-14-15-16-19-22-28-25-21-18-17-20-24(25)23-26(27)29/h9-10,17-18,20-21,28H,2-8,11-16,19,22-23H2,1H3/b10-9+. The highest BCUT2D eigenvalue weighted by Gasteiger charge is 2.04. The Morgan fingerprint density at radius 1 is 0.828 bits per heavy atom. The van der Waals surface area contributed by atoms with Crippen molar-refractivity contribution in [3.05, 3.63) is 42.0 Å². The Morgan fingerprint density at radius 3 is 2.00 bits per heavy atom. The van der Waals surface area contributed by atoms with Crippen molar-refractivity contribution < 1.29 is 4.79 Å². The van der Waals surface area contributed by atoms with Gasteiger partial charge in [-0.3, -0.25) is 4.79 Å². The van der Waals surface area contributed by atoms with Gasteiger partial charge in [0.25, 0.3) is 0 Å². The summed E-state index contributed by atoms with van der Waals surface area (Å²) in [7, 11) is 0. The van der Waals surface area contributed by atoms with E-state index in [4.69, 9.17) is 11.6 Å². The molecule has 0 spiro atoms. The predicted molar refractivity (Wildman–Crippen MR) is 129 cm³/mol. The minimum atomic E-state index is -0.309. The second-order valence-corrected chi connectivity index (χ2v) is 8.48. The number of benzene rings is 1. The van der Waals surface area contributed by atoms with Crippen molar-refractivity contribution >= 4 is 22.5 Å². The maximum absolute atomic E-state index is 11.1. The smallest absolute Gasteiger partial charge is 0.226 e. The summed E-state index contributed by atoms with van der Waals surface area (Å²) in [5.41, 5.74) is 2.02. The molecule has 2 nitrogen and oxygen atoms in total. The minimum absolute atomic E-state index is 0.290. The van der Waals surface area contributed by atoms with Crippen molar-refractivity contribution in [1.82, 2.24) is 0 Å². The maximum Gasteiger partial charge on any atom is 0.226 e. The molecule has 29 heavy (non-hydrogen) atoms. The molecule has 0 atom stereocenters. The van der Waals surface area contributed by atoms with E-state index in [2.05, 4.69) is 24.4 Å². The van der Waals surface area contributed by atoms with Crippen molar-refractivity contribution in [2.75, 3.05) is 11.9 Å². The summed E-state index contributed by atoms with van der Waals surface area (Å²) in [6, 6.07) is 7.93. The van der Waals surface area contributed by atoms with Crippen molar-refractivity contribution in [1.29, 1.82) is 0 Å². The highest BCUT2D eigenvalue weighted by Crippen LogP contribution is 2.17. The van der Waals surface area contributed by atoms with E-state index in [1.807, 2.05) is 24.3 Å². The van der Waals surface area contributed by atoms with Gasteiger partial charge < -0.3 is 5.32 Å². The highest BCUT2D eigenvalue weighted by atomic mass is 35.5. The van der Waals surface area contributed by atoms with E-state index in [0.29, 0.717) is 0 Å². The Labute approximate surface area is 184 Å². The van der Waals surface area contributed by atoms with Crippen molar-refractivity contribution in [3.8, 4) is 0 Å². The lowest BCUT2D eigenvalue weighted by atomic mass is 10.1. The second kappa shape index (κ2) is 18.7. The summed E-state index contributed by atoms with van der Waals surface area (Å²) in [6.07, 6.45) is 23.6. The quantitative estimate of drug-likeness (QED) is 0.138. The van der Waals surface area contributed by atoms with Gasteiger partial charge in [-0.1, -0.05) is 95.1 Å². The van der Waals surface area contributed by atoms with Gasteiger partial charge in [-0.25, -0.2) is 0 Å². The number of rotatable bonds is 19. The summed E-state index contributed by atoms with van der Waals surface area (Å²) in [5, 5.41) is 3.14. The number of carbonyl (C=O) groups is 1. The first-order valence-corrected chi connectivity index (χ1v) is 12.3. The molecule has 0 radical (unpaired) electrons. The van der Waals surface area contributed by atoms with Crippen LogP contribution >= 0.6 is 11.6 Å². The van der Waals surface area contributed by atoms with Gasteiger partial charge in [0.15, 0.2) is 0 Å². The van der Waals surface area contributed by atoms with Crippen molar-refractivity contribution in [2.45, 2.75) is 103 Å². The number of para-hydroxylation sites is 1. The normalized spacial score (nSPS) is 11.2. The number of carbonyl (C=O) groups excluding carboxylic acids is 1. The van der Waals surface area contributed by atoms with E-state index in [0.717, 1.165) is 17.8 Å². The second-order valence-electron chi connectivity index (χ2n) is 8.05. The average molecular weight is 420 g/mol. The molecule has 0 heterocycles. The zero-order chi connectivity index (χ0) is 21.0. The van der Waals surface area contributed by atoms with Crippen LogP contribution in [0.1, 0.15) is 102 Å². The molecule has 0 saturated heterocycles. The maximum atomic E-state index is 11.1. The lowest BCUT2D eigenvalue weighted by Gasteiger charge is -2.10. The lowest BCUT2D eigenvalue weighted by Crippen LogP contribution is -2.05. The molecule has 0 bridgehead atoms. The van der Waals surface area contributed by atoms with Gasteiger partial charge in [-0.2, -0.15) is 0 Å². The largest absolute Gasteiger partial charge is 0.385 e. The average Bonchev–Trinajstić information content (AvgIpc) is 2.71. The predicted octanol–water partition coefficient (Wildman–Crippen LogP) is 8.44. The summed E-state index contributed by atoms with van der Waals surface area (Å²) in [4.78, 5) is 11.1. The van der Waals surface area contributed by atoms with E-state index in [1.165, 1.54) is 89.9 Å². The first kappa shape index (κ1) is 25.8. The van der Waals surface area contributed by atoms with Crippen LogP contribution in [0.25, 0.3) is 0 Å². The van der Waals surface area contributed by atoms with Gasteiger partial charge in [0.2, 0.25) is 5.24 Å². The van der Waals surface area contributed by atoms with Gasteiger partial charge in [0, 0.05) is 18.7 Å². The Kier molecular flexibility index (Phi) is 16.6. The Bertz CT molecular complexity index is 555. The highest BCUT2D eigenvalue weighted by molar-refractivity contribution is 6.63. The molecule has 0 amide bonds. The molecule has 3 heteroatoms. The van der Waals surface area contributed by atoms with Crippen LogP contribution in [0.2, 0.25) is 0 Å². The van der Waals surface area contributed by atoms with Crippen LogP contribution in [0, 0.1) is 0 Å². The summed E-state index contributed by atoms with van der Waals surface area (Å²) >= 11 is 5.52. The van der Waals surface area contributed by atoms with Crippen LogP contribution in [0.15, 0.2) is 36.4 Å². The van der Waals surface area contributed by atoms with Gasteiger partial charge in [-0.05, 0) is 55.3 Å². The summed E-state index contributed by atoms with van der Waals surface area (Å²) < 4.78 is 0. The Morgan fingerprint density at radius 2 is 1.38 bits per heavy atom. The molecule has 0 unspecified atom stereocenters. The zero-order valence-electron chi connectivity index (χ0n) is 18.6. The zero-order valence-corrected chi connectivity index (χ0v) is 19.3. The van der Waals surface area contributed by atoms with Crippen LogP contribution < -0.4 is 5.32 Å². The van der Waals surface area contributed by atoms with Crippen LogP contribution in [-0.2, 0) is 11.2 Å². The third kappa shape index (κ3) is 15.3. The third-order valence-electron chi connectivity index (χ3n) is 5.35. The molecule has 1 aromatic carbocycles. The number of unbranched alkanes of at least 4 members (excludes halogenated alkanes) is 12. The van der Waals surface area contributed by atoms with Crippen LogP contribution in [-0.4, -0.2) is 11.8 Å². The molecule has 0 saturated carbocycles. The number of allylic oxidation sites excluding steroid dienone is 2. The molecule has 1 N–H and O–H groups in total. The Hall–Kier alpha value is -1.28. The first-order valence-electron chi connectivity index (χ1n) is 11.9. The molecular weight excluding hydrogens is 378 g/mol.